The van der Waals surface area contributed by atoms with E-state index in [0.29, 0.717) is 38.6 Å². The van der Waals surface area contributed by atoms with Gasteiger partial charge in [0.05, 0.1) is 45.7 Å². The highest BCUT2D eigenvalue weighted by Gasteiger charge is 2.15. The molecule has 1 aliphatic carbocycles. The molecule has 2 atom stereocenters. The number of ether oxygens (including phenoxy) is 5. The highest BCUT2D eigenvalue weighted by Crippen LogP contribution is 2.18. The monoisotopic (exact) mass is 340 g/mol. The maximum Gasteiger partial charge on any atom is 0.337 e. The van der Waals surface area contributed by atoms with Gasteiger partial charge in [-0.15, -0.1) is 0 Å². The Bertz CT molecular complexity index is 425. The molecule has 6 heteroatoms. The maximum absolute atomic E-state index is 11.5. The van der Waals surface area contributed by atoms with Crippen molar-refractivity contribution in [3.05, 3.63) is 23.8 Å². The van der Waals surface area contributed by atoms with Crippen LogP contribution in [0, 0.1) is 5.92 Å². The average Bonchev–Trinajstić information content (AvgIpc) is 2.64. The molecule has 0 radical (unpaired) electrons. The number of carbonyl (C=O) groups excluding carboxylic acids is 1. The summed E-state index contributed by atoms with van der Waals surface area (Å²) in [5.74, 6) is -0.0999. The summed E-state index contributed by atoms with van der Waals surface area (Å²) >= 11 is 0. The van der Waals surface area contributed by atoms with Crippen molar-refractivity contribution in [3.8, 4) is 0 Å². The summed E-state index contributed by atoms with van der Waals surface area (Å²) in [5.41, 5.74) is 0.593. The standard InChI is InChI=1S/C18H28O6/c1-20-18(19)16-6-4-5-15(13-16)14-22-10-9-21-11-12-24-17-7-2-3-8-23-17/h4,6,13,15,17H,2-3,5,7-12,14H2,1H3. The van der Waals surface area contributed by atoms with Crippen LogP contribution in [-0.4, -0.2) is 59.0 Å². The number of methoxy groups -OCH3 is 1. The van der Waals surface area contributed by atoms with Gasteiger partial charge in [0.2, 0.25) is 0 Å². The SMILES string of the molecule is COC(=O)C1=CC(COCCOCCOC2CCCCO2)CC=C1. The maximum atomic E-state index is 11.5. The largest absolute Gasteiger partial charge is 0.465 e. The van der Waals surface area contributed by atoms with E-state index in [4.69, 9.17) is 23.7 Å². The quantitative estimate of drug-likeness (QED) is 0.449. The van der Waals surface area contributed by atoms with E-state index in [-0.39, 0.29) is 18.2 Å². The summed E-state index contributed by atoms with van der Waals surface area (Å²) in [6, 6.07) is 0. The summed E-state index contributed by atoms with van der Waals surface area (Å²) in [6.07, 6.45) is 9.75. The van der Waals surface area contributed by atoms with Gasteiger partial charge in [-0.1, -0.05) is 18.2 Å². The normalized spacial score (nSPS) is 23.8. The summed E-state index contributed by atoms with van der Waals surface area (Å²) in [6.45, 7) is 3.51. The van der Waals surface area contributed by atoms with Gasteiger partial charge in [-0.25, -0.2) is 4.79 Å². The van der Waals surface area contributed by atoms with Crippen LogP contribution in [0.4, 0.5) is 0 Å². The molecular formula is C18H28O6. The molecule has 0 amide bonds. The van der Waals surface area contributed by atoms with E-state index in [9.17, 15) is 4.79 Å². The Morgan fingerprint density at radius 3 is 2.83 bits per heavy atom. The first kappa shape index (κ1) is 19.1. The predicted octanol–water partition coefficient (Wildman–Crippen LogP) is 2.24. The molecule has 1 heterocycles. The zero-order valence-corrected chi connectivity index (χ0v) is 14.4. The van der Waals surface area contributed by atoms with Crippen molar-refractivity contribution in [1.29, 1.82) is 0 Å². The van der Waals surface area contributed by atoms with Crippen molar-refractivity contribution >= 4 is 5.97 Å². The van der Waals surface area contributed by atoms with Gasteiger partial charge in [0.25, 0.3) is 0 Å². The number of hydrogen-bond donors (Lipinski definition) is 0. The van der Waals surface area contributed by atoms with Crippen LogP contribution in [0.5, 0.6) is 0 Å². The predicted molar refractivity (Wildman–Crippen MR) is 88.5 cm³/mol. The van der Waals surface area contributed by atoms with Gasteiger partial charge in [-0.2, -0.15) is 0 Å². The van der Waals surface area contributed by atoms with Gasteiger partial charge in [0, 0.05) is 12.5 Å². The lowest BCUT2D eigenvalue weighted by Gasteiger charge is -2.22. The van der Waals surface area contributed by atoms with Crippen molar-refractivity contribution in [1.82, 2.24) is 0 Å². The highest BCUT2D eigenvalue weighted by atomic mass is 16.7. The summed E-state index contributed by atoms with van der Waals surface area (Å²) in [4.78, 5) is 11.5. The third kappa shape index (κ3) is 7.13. The lowest BCUT2D eigenvalue weighted by Crippen LogP contribution is -2.24. The lowest BCUT2D eigenvalue weighted by atomic mass is 9.97. The Labute approximate surface area is 143 Å². The molecule has 2 rings (SSSR count). The van der Waals surface area contributed by atoms with E-state index >= 15 is 0 Å². The molecular weight excluding hydrogens is 312 g/mol. The summed E-state index contributed by atoms with van der Waals surface area (Å²) in [5, 5.41) is 0. The van der Waals surface area contributed by atoms with Crippen molar-refractivity contribution in [2.45, 2.75) is 32.0 Å². The Kier molecular flexibility index (Phi) is 9.05. The summed E-state index contributed by atoms with van der Waals surface area (Å²) in [7, 11) is 1.39. The van der Waals surface area contributed by atoms with E-state index in [2.05, 4.69) is 0 Å². The molecule has 0 aromatic rings. The second-order valence-electron chi connectivity index (χ2n) is 5.87. The first-order valence-corrected chi connectivity index (χ1v) is 8.65. The highest BCUT2D eigenvalue weighted by molar-refractivity contribution is 5.91. The molecule has 1 fully saturated rings. The number of rotatable bonds is 10. The third-order valence-corrected chi connectivity index (χ3v) is 3.95. The second kappa shape index (κ2) is 11.4. The second-order valence-corrected chi connectivity index (χ2v) is 5.87. The van der Waals surface area contributed by atoms with Crippen LogP contribution in [-0.2, 0) is 28.5 Å². The zero-order valence-electron chi connectivity index (χ0n) is 14.4. The van der Waals surface area contributed by atoms with Crippen molar-refractivity contribution in [2.24, 2.45) is 5.92 Å². The van der Waals surface area contributed by atoms with Crippen LogP contribution in [0.3, 0.4) is 0 Å². The Hall–Kier alpha value is -1.21. The van der Waals surface area contributed by atoms with Crippen molar-refractivity contribution < 1.29 is 28.5 Å². The molecule has 0 aromatic heterocycles. The van der Waals surface area contributed by atoms with Crippen LogP contribution in [0.1, 0.15) is 25.7 Å². The smallest absolute Gasteiger partial charge is 0.337 e. The van der Waals surface area contributed by atoms with E-state index in [1.165, 1.54) is 13.5 Å². The van der Waals surface area contributed by atoms with Crippen LogP contribution >= 0.6 is 0 Å². The molecule has 6 nitrogen and oxygen atoms in total. The van der Waals surface area contributed by atoms with E-state index < -0.39 is 0 Å². The molecule has 24 heavy (non-hydrogen) atoms. The van der Waals surface area contributed by atoms with Crippen LogP contribution in [0.15, 0.2) is 23.8 Å². The lowest BCUT2D eigenvalue weighted by molar-refractivity contribution is -0.169. The molecule has 0 saturated carbocycles. The minimum atomic E-state index is -0.304. The fraction of sp³-hybridized carbons (Fsp3) is 0.722. The molecule has 1 saturated heterocycles. The van der Waals surface area contributed by atoms with Crippen molar-refractivity contribution in [3.63, 3.8) is 0 Å². The fourth-order valence-electron chi connectivity index (χ4n) is 2.65. The topological polar surface area (TPSA) is 63.2 Å². The minimum absolute atomic E-state index is 0.0613. The first-order chi connectivity index (χ1) is 11.8. The van der Waals surface area contributed by atoms with Gasteiger partial charge in [0.15, 0.2) is 6.29 Å². The molecule has 0 bridgehead atoms. The number of carbonyl (C=O) groups is 1. The summed E-state index contributed by atoms with van der Waals surface area (Å²) < 4.78 is 26.9. The molecule has 2 unspecified atom stereocenters. The van der Waals surface area contributed by atoms with E-state index in [1.807, 2.05) is 12.2 Å². The fourth-order valence-corrected chi connectivity index (χ4v) is 2.65. The molecule has 1 aliphatic heterocycles. The van der Waals surface area contributed by atoms with Crippen LogP contribution in [0.25, 0.3) is 0 Å². The Morgan fingerprint density at radius 1 is 1.21 bits per heavy atom. The van der Waals surface area contributed by atoms with Gasteiger partial charge in [-0.3, -0.25) is 0 Å². The average molecular weight is 340 g/mol. The van der Waals surface area contributed by atoms with Gasteiger partial charge < -0.3 is 23.7 Å². The minimum Gasteiger partial charge on any atom is -0.465 e. The molecule has 0 N–H and O–H groups in total. The first-order valence-electron chi connectivity index (χ1n) is 8.65. The van der Waals surface area contributed by atoms with E-state index in [1.54, 1.807) is 6.08 Å². The molecule has 2 aliphatic rings. The zero-order chi connectivity index (χ0) is 17.0. The van der Waals surface area contributed by atoms with Gasteiger partial charge in [0.1, 0.15) is 0 Å². The van der Waals surface area contributed by atoms with Crippen LogP contribution < -0.4 is 0 Å². The number of hydrogen-bond acceptors (Lipinski definition) is 6. The molecule has 0 aromatic carbocycles. The third-order valence-electron chi connectivity index (χ3n) is 3.95. The van der Waals surface area contributed by atoms with E-state index in [0.717, 1.165) is 25.9 Å². The Morgan fingerprint density at radius 2 is 2.04 bits per heavy atom. The number of esters is 1. The van der Waals surface area contributed by atoms with Crippen LogP contribution in [0.2, 0.25) is 0 Å². The number of allylic oxidation sites excluding steroid dienone is 1. The molecule has 136 valence electrons. The van der Waals surface area contributed by atoms with Gasteiger partial charge in [-0.05, 0) is 25.7 Å². The Balaban J connectivity index is 1.46. The van der Waals surface area contributed by atoms with Gasteiger partial charge >= 0.3 is 5.97 Å². The van der Waals surface area contributed by atoms with Crippen molar-refractivity contribution in [2.75, 3.05) is 46.8 Å². The molecule has 0 spiro atoms.